The molecule has 0 atom stereocenters. The van der Waals surface area contributed by atoms with Gasteiger partial charge in [0, 0.05) is 0 Å². The molecule has 0 saturated heterocycles. The first-order valence-electron chi connectivity index (χ1n) is 7.84. The van der Waals surface area contributed by atoms with E-state index in [-0.39, 0.29) is 10.6 Å². The molecule has 2 aromatic rings. The number of hydrogen-bond acceptors (Lipinski definition) is 3. The molecule has 23 heavy (non-hydrogen) atoms. The van der Waals surface area contributed by atoms with Gasteiger partial charge in [-0.1, -0.05) is 50.5 Å². The van der Waals surface area contributed by atoms with Gasteiger partial charge in [0.15, 0.2) is 0 Å². The summed E-state index contributed by atoms with van der Waals surface area (Å²) in [5, 5.41) is 0. The summed E-state index contributed by atoms with van der Waals surface area (Å²) in [7, 11) is -4.32. The maximum absolute atomic E-state index is 11.5. The molecule has 0 saturated carbocycles. The maximum Gasteiger partial charge on any atom is 0.298 e. The van der Waals surface area contributed by atoms with Crippen LogP contribution in [0.2, 0.25) is 0 Å². The van der Waals surface area contributed by atoms with Gasteiger partial charge in [0.05, 0.1) is 0 Å². The smallest absolute Gasteiger partial charge is 0.298 e. The van der Waals surface area contributed by atoms with Crippen LogP contribution in [0.25, 0.3) is 0 Å². The molecular formula is C18H22O4S. The second-order valence-electron chi connectivity index (χ2n) is 5.48. The standard InChI is InChI=1S/C18H22O4S/c1-2-3-4-6-9-15-12-13-18(23(19,20)21)17(14-15)22-16-10-7-5-8-11-16/h5,7-8,10-14H,2-4,6,9H2,1H3,(H,19,20,21). The Balaban J connectivity index is 2.24. The first-order chi connectivity index (χ1) is 11.0. The minimum Gasteiger partial charge on any atom is -0.456 e. The molecular weight excluding hydrogens is 312 g/mol. The minimum absolute atomic E-state index is 0.159. The van der Waals surface area contributed by atoms with E-state index < -0.39 is 10.1 Å². The average Bonchev–Trinajstić information content (AvgIpc) is 2.52. The number of para-hydroxylation sites is 1. The SMILES string of the molecule is CCCCCCc1ccc(S(=O)(=O)O)c(Oc2ccccc2)c1. The molecule has 0 bridgehead atoms. The Labute approximate surface area is 137 Å². The van der Waals surface area contributed by atoms with E-state index in [1.807, 2.05) is 6.07 Å². The van der Waals surface area contributed by atoms with Crippen molar-refractivity contribution in [1.29, 1.82) is 0 Å². The number of aryl methyl sites for hydroxylation is 1. The summed E-state index contributed by atoms with van der Waals surface area (Å²) in [6, 6.07) is 13.8. The molecule has 0 fully saturated rings. The number of rotatable bonds is 8. The first kappa shape index (κ1) is 17.5. The van der Waals surface area contributed by atoms with Crippen LogP contribution < -0.4 is 4.74 Å². The summed E-state index contributed by atoms with van der Waals surface area (Å²) in [6.45, 7) is 2.16. The van der Waals surface area contributed by atoms with Gasteiger partial charge in [-0.05, 0) is 42.7 Å². The zero-order valence-electron chi connectivity index (χ0n) is 13.2. The molecule has 0 aliphatic carbocycles. The second-order valence-corrected chi connectivity index (χ2v) is 6.87. The van der Waals surface area contributed by atoms with Crippen LogP contribution in [0.1, 0.15) is 38.2 Å². The second kappa shape index (κ2) is 8.13. The van der Waals surface area contributed by atoms with Gasteiger partial charge in [-0.2, -0.15) is 8.42 Å². The van der Waals surface area contributed by atoms with Crippen molar-refractivity contribution in [3.8, 4) is 11.5 Å². The molecule has 5 heteroatoms. The highest BCUT2D eigenvalue weighted by Gasteiger charge is 2.17. The fourth-order valence-electron chi connectivity index (χ4n) is 2.37. The predicted octanol–water partition coefficient (Wildman–Crippen LogP) is 4.85. The Kier molecular flexibility index (Phi) is 6.19. The molecule has 2 aromatic carbocycles. The van der Waals surface area contributed by atoms with E-state index in [9.17, 15) is 13.0 Å². The van der Waals surface area contributed by atoms with Crippen LogP contribution in [0.4, 0.5) is 0 Å². The van der Waals surface area contributed by atoms with Crippen molar-refractivity contribution in [2.24, 2.45) is 0 Å². The molecule has 0 unspecified atom stereocenters. The Morgan fingerprint density at radius 2 is 1.74 bits per heavy atom. The summed E-state index contributed by atoms with van der Waals surface area (Å²) in [4.78, 5) is -0.210. The van der Waals surface area contributed by atoms with E-state index in [1.54, 1.807) is 36.4 Å². The molecule has 0 heterocycles. The first-order valence-corrected chi connectivity index (χ1v) is 9.28. The summed E-state index contributed by atoms with van der Waals surface area (Å²) >= 11 is 0. The van der Waals surface area contributed by atoms with Crippen LogP contribution in [0.5, 0.6) is 11.5 Å². The van der Waals surface area contributed by atoms with Gasteiger partial charge in [0.1, 0.15) is 16.4 Å². The van der Waals surface area contributed by atoms with E-state index in [0.717, 1.165) is 24.8 Å². The van der Waals surface area contributed by atoms with Crippen molar-refractivity contribution in [3.05, 3.63) is 54.1 Å². The maximum atomic E-state index is 11.5. The zero-order valence-corrected chi connectivity index (χ0v) is 14.1. The molecule has 0 radical (unpaired) electrons. The van der Waals surface area contributed by atoms with Crippen molar-refractivity contribution in [2.75, 3.05) is 0 Å². The van der Waals surface area contributed by atoms with Crippen LogP contribution in [0.15, 0.2) is 53.4 Å². The largest absolute Gasteiger partial charge is 0.456 e. The summed E-state index contributed by atoms with van der Waals surface area (Å²) < 4.78 is 38.1. The van der Waals surface area contributed by atoms with E-state index in [4.69, 9.17) is 4.74 Å². The lowest BCUT2D eigenvalue weighted by Gasteiger charge is -2.11. The number of unbranched alkanes of at least 4 members (excludes halogenated alkanes) is 3. The lowest BCUT2D eigenvalue weighted by Crippen LogP contribution is -2.02. The average molecular weight is 334 g/mol. The van der Waals surface area contributed by atoms with E-state index in [2.05, 4.69) is 6.92 Å². The molecule has 2 rings (SSSR count). The number of benzene rings is 2. The van der Waals surface area contributed by atoms with Gasteiger partial charge in [0.2, 0.25) is 0 Å². The molecule has 0 spiro atoms. The number of ether oxygens (including phenoxy) is 1. The highest BCUT2D eigenvalue weighted by Crippen LogP contribution is 2.30. The molecule has 124 valence electrons. The van der Waals surface area contributed by atoms with Gasteiger partial charge < -0.3 is 4.74 Å². The predicted molar refractivity (Wildman–Crippen MR) is 90.6 cm³/mol. The zero-order chi connectivity index (χ0) is 16.7. The Bertz CT molecular complexity index is 724. The van der Waals surface area contributed by atoms with E-state index in [0.29, 0.717) is 5.75 Å². The summed E-state index contributed by atoms with van der Waals surface area (Å²) in [5.41, 5.74) is 0.999. The van der Waals surface area contributed by atoms with Gasteiger partial charge in [0.25, 0.3) is 10.1 Å². The Morgan fingerprint density at radius 1 is 1.00 bits per heavy atom. The van der Waals surface area contributed by atoms with Gasteiger partial charge in [-0.25, -0.2) is 0 Å². The van der Waals surface area contributed by atoms with Crippen molar-refractivity contribution < 1.29 is 17.7 Å². The summed E-state index contributed by atoms with van der Waals surface area (Å²) in [6.07, 6.45) is 5.41. The van der Waals surface area contributed by atoms with Crippen LogP contribution in [-0.4, -0.2) is 13.0 Å². The fraction of sp³-hybridized carbons (Fsp3) is 0.333. The molecule has 1 N–H and O–H groups in total. The van der Waals surface area contributed by atoms with Crippen molar-refractivity contribution in [2.45, 2.75) is 43.9 Å². The number of hydrogen-bond donors (Lipinski definition) is 1. The van der Waals surface area contributed by atoms with Crippen LogP contribution in [0, 0.1) is 0 Å². The highest BCUT2D eigenvalue weighted by atomic mass is 32.2. The van der Waals surface area contributed by atoms with Crippen molar-refractivity contribution in [1.82, 2.24) is 0 Å². The normalized spacial score (nSPS) is 11.4. The van der Waals surface area contributed by atoms with Gasteiger partial charge in [-0.15, -0.1) is 0 Å². The molecule has 0 aromatic heterocycles. The minimum atomic E-state index is -4.32. The summed E-state index contributed by atoms with van der Waals surface area (Å²) in [5.74, 6) is 0.687. The van der Waals surface area contributed by atoms with Crippen LogP contribution >= 0.6 is 0 Å². The van der Waals surface area contributed by atoms with E-state index >= 15 is 0 Å². The van der Waals surface area contributed by atoms with Crippen molar-refractivity contribution >= 4 is 10.1 Å². The molecule has 0 aliphatic heterocycles. The van der Waals surface area contributed by atoms with Crippen LogP contribution in [-0.2, 0) is 16.5 Å². The van der Waals surface area contributed by atoms with Gasteiger partial charge in [-0.3, -0.25) is 4.55 Å². The third-order valence-corrected chi connectivity index (χ3v) is 4.47. The lowest BCUT2D eigenvalue weighted by atomic mass is 10.1. The Morgan fingerprint density at radius 3 is 2.39 bits per heavy atom. The Hall–Kier alpha value is -1.85. The van der Waals surface area contributed by atoms with Gasteiger partial charge >= 0.3 is 0 Å². The molecule has 0 aliphatic rings. The lowest BCUT2D eigenvalue weighted by molar-refractivity contribution is 0.449. The van der Waals surface area contributed by atoms with E-state index in [1.165, 1.54) is 18.9 Å². The van der Waals surface area contributed by atoms with Crippen LogP contribution in [0.3, 0.4) is 0 Å². The molecule has 4 nitrogen and oxygen atoms in total. The fourth-order valence-corrected chi connectivity index (χ4v) is 2.97. The highest BCUT2D eigenvalue weighted by molar-refractivity contribution is 7.86. The van der Waals surface area contributed by atoms with Crippen molar-refractivity contribution in [3.63, 3.8) is 0 Å². The third kappa shape index (κ3) is 5.37. The molecule has 0 amide bonds. The quantitative estimate of drug-likeness (QED) is 0.554. The topological polar surface area (TPSA) is 63.6 Å². The third-order valence-electron chi connectivity index (χ3n) is 3.58. The monoisotopic (exact) mass is 334 g/mol.